The molecule has 0 saturated heterocycles. The Morgan fingerprint density at radius 3 is 2.68 bits per heavy atom. The van der Waals surface area contributed by atoms with Crippen molar-refractivity contribution >= 4 is 49.0 Å². The first-order chi connectivity index (χ1) is 13.6. The molecule has 28 heavy (non-hydrogen) atoms. The number of hydrogen-bond donors (Lipinski definition) is 0. The third kappa shape index (κ3) is 3.59. The number of halogens is 2. The maximum atomic E-state index is 13.0. The van der Waals surface area contributed by atoms with Crippen molar-refractivity contribution in [1.29, 1.82) is 0 Å². The molecule has 0 bridgehead atoms. The fourth-order valence-electron chi connectivity index (χ4n) is 3.02. The molecule has 0 aliphatic rings. The molecule has 4 rings (SSSR count). The number of aromatic nitrogens is 3. The second-order valence-electron chi connectivity index (χ2n) is 6.19. The molecule has 0 atom stereocenters. The van der Waals surface area contributed by atoms with Crippen LogP contribution in [-0.2, 0) is 6.42 Å². The second-order valence-corrected chi connectivity index (χ2v) is 8.02. The van der Waals surface area contributed by atoms with Gasteiger partial charge in [-0.1, -0.05) is 44.8 Å². The SMILES string of the molecule is CCc1nc2ccc(Br)cc2c(=O)n1N=Cc1cccn1-c1cccc(Br)c1. The van der Waals surface area contributed by atoms with E-state index in [9.17, 15) is 4.79 Å². The number of benzene rings is 2. The molecule has 2 heterocycles. The van der Waals surface area contributed by atoms with Gasteiger partial charge in [0.25, 0.3) is 5.56 Å². The van der Waals surface area contributed by atoms with E-state index in [0.717, 1.165) is 20.3 Å². The number of aryl methyl sites for hydroxylation is 1. The molecule has 5 nitrogen and oxygen atoms in total. The van der Waals surface area contributed by atoms with Gasteiger partial charge in [0.15, 0.2) is 0 Å². The average molecular weight is 500 g/mol. The van der Waals surface area contributed by atoms with Crippen LogP contribution in [0.4, 0.5) is 0 Å². The number of fused-ring (bicyclic) bond motifs is 1. The lowest BCUT2D eigenvalue weighted by atomic mass is 10.2. The average Bonchev–Trinajstić information content (AvgIpc) is 3.16. The van der Waals surface area contributed by atoms with Crippen molar-refractivity contribution in [2.24, 2.45) is 5.10 Å². The molecule has 2 aromatic heterocycles. The van der Waals surface area contributed by atoms with Crippen LogP contribution in [-0.4, -0.2) is 20.4 Å². The van der Waals surface area contributed by atoms with Crippen LogP contribution in [0.5, 0.6) is 0 Å². The Labute approximate surface area is 178 Å². The molecule has 0 aliphatic heterocycles. The quantitative estimate of drug-likeness (QED) is 0.364. The van der Waals surface area contributed by atoms with Gasteiger partial charge in [-0.15, -0.1) is 0 Å². The van der Waals surface area contributed by atoms with Gasteiger partial charge in [0.05, 0.1) is 22.8 Å². The minimum absolute atomic E-state index is 0.181. The first-order valence-corrected chi connectivity index (χ1v) is 10.3. The lowest BCUT2D eigenvalue weighted by Crippen LogP contribution is -2.22. The molecule has 0 N–H and O–H groups in total. The minimum atomic E-state index is -0.181. The van der Waals surface area contributed by atoms with Crippen LogP contribution in [0, 0.1) is 0 Å². The zero-order valence-corrected chi connectivity index (χ0v) is 18.2. The summed E-state index contributed by atoms with van der Waals surface area (Å²) in [6.45, 7) is 1.96. The summed E-state index contributed by atoms with van der Waals surface area (Å²) >= 11 is 6.92. The van der Waals surface area contributed by atoms with E-state index >= 15 is 0 Å². The van der Waals surface area contributed by atoms with Gasteiger partial charge in [0.1, 0.15) is 5.82 Å². The van der Waals surface area contributed by atoms with Crippen LogP contribution in [0.2, 0.25) is 0 Å². The van der Waals surface area contributed by atoms with Gasteiger partial charge >= 0.3 is 0 Å². The Morgan fingerprint density at radius 2 is 1.89 bits per heavy atom. The monoisotopic (exact) mass is 498 g/mol. The lowest BCUT2D eigenvalue weighted by Gasteiger charge is -2.09. The van der Waals surface area contributed by atoms with E-state index in [1.165, 1.54) is 4.68 Å². The van der Waals surface area contributed by atoms with Gasteiger partial charge in [-0.25, -0.2) is 4.98 Å². The first-order valence-electron chi connectivity index (χ1n) is 8.75. The van der Waals surface area contributed by atoms with Crippen LogP contribution in [0.15, 0.2) is 79.6 Å². The zero-order valence-electron chi connectivity index (χ0n) is 15.0. The Morgan fingerprint density at radius 1 is 1.07 bits per heavy atom. The van der Waals surface area contributed by atoms with Gasteiger partial charge in [-0.2, -0.15) is 9.78 Å². The first kappa shape index (κ1) is 18.8. The molecule has 0 radical (unpaired) electrons. The van der Waals surface area contributed by atoms with Gasteiger partial charge in [-0.05, 0) is 48.5 Å². The third-order valence-electron chi connectivity index (χ3n) is 4.36. The van der Waals surface area contributed by atoms with E-state index in [1.807, 2.05) is 66.2 Å². The van der Waals surface area contributed by atoms with Crippen LogP contribution < -0.4 is 5.56 Å². The van der Waals surface area contributed by atoms with E-state index in [4.69, 9.17) is 0 Å². The Kier molecular flexibility index (Phi) is 5.28. The number of hydrogen-bond acceptors (Lipinski definition) is 3. The molecule has 140 valence electrons. The van der Waals surface area contributed by atoms with Crippen molar-refractivity contribution in [3.05, 3.63) is 91.6 Å². The number of nitrogens with zero attached hydrogens (tertiary/aromatic N) is 4. The van der Waals surface area contributed by atoms with Gasteiger partial charge < -0.3 is 4.57 Å². The summed E-state index contributed by atoms with van der Waals surface area (Å²) in [6.07, 6.45) is 4.25. The summed E-state index contributed by atoms with van der Waals surface area (Å²) in [5, 5.41) is 5.01. The summed E-state index contributed by atoms with van der Waals surface area (Å²) in [7, 11) is 0. The fourth-order valence-corrected chi connectivity index (χ4v) is 3.77. The van der Waals surface area contributed by atoms with Gasteiger partial charge in [0, 0.05) is 27.3 Å². The molecule has 0 fully saturated rings. The van der Waals surface area contributed by atoms with Crippen molar-refractivity contribution in [3.8, 4) is 5.69 Å². The molecule has 0 amide bonds. The molecule has 0 saturated carbocycles. The van der Waals surface area contributed by atoms with Crippen molar-refractivity contribution in [1.82, 2.24) is 14.2 Å². The molecule has 2 aromatic carbocycles. The highest BCUT2D eigenvalue weighted by atomic mass is 79.9. The Balaban J connectivity index is 1.81. The summed E-state index contributed by atoms with van der Waals surface area (Å²) in [5.74, 6) is 0.622. The van der Waals surface area contributed by atoms with E-state index < -0.39 is 0 Å². The second kappa shape index (κ2) is 7.85. The lowest BCUT2D eigenvalue weighted by molar-refractivity contribution is 0.734. The summed E-state index contributed by atoms with van der Waals surface area (Å²) in [6, 6.07) is 17.4. The molecule has 0 unspecified atom stereocenters. The number of rotatable bonds is 4. The topological polar surface area (TPSA) is 52.2 Å². The maximum absolute atomic E-state index is 13.0. The minimum Gasteiger partial charge on any atom is -0.316 e. The molecule has 0 aliphatic carbocycles. The highest BCUT2D eigenvalue weighted by molar-refractivity contribution is 9.10. The van der Waals surface area contributed by atoms with E-state index in [1.54, 1.807) is 12.3 Å². The molecular weight excluding hydrogens is 484 g/mol. The summed E-state index contributed by atoms with van der Waals surface area (Å²) in [4.78, 5) is 17.6. The largest absolute Gasteiger partial charge is 0.316 e. The zero-order chi connectivity index (χ0) is 19.7. The predicted molar refractivity (Wildman–Crippen MR) is 120 cm³/mol. The van der Waals surface area contributed by atoms with E-state index in [2.05, 4.69) is 41.9 Å². The highest BCUT2D eigenvalue weighted by Crippen LogP contribution is 2.18. The fraction of sp³-hybridized carbons (Fsp3) is 0.0952. The maximum Gasteiger partial charge on any atom is 0.282 e. The van der Waals surface area contributed by atoms with Crippen molar-refractivity contribution in [3.63, 3.8) is 0 Å². The van der Waals surface area contributed by atoms with Gasteiger partial charge in [-0.3, -0.25) is 4.79 Å². The molecular formula is C21H16Br2N4O. The summed E-state index contributed by atoms with van der Waals surface area (Å²) < 4.78 is 5.22. The van der Waals surface area contributed by atoms with Crippen LogP contribution in [0.3, 0.4) is 0 Å². The normalized spacial score (nSPS) is 11.5. The Hall–Kier alpha value is -2.51. The predicted octanol–water partition coefficient (Wildman–Crippen LogP) is 5.16. The van der Waals surface area contributed by atoms with Crippen molar-refractivity contribution in [2.75, 3.05) is 0 Å². The van der Waals surface area contributed by atoms with Crippen LogP contribution in [0.1, 0.15) is 18.4 Å². The third-order valence-corrected chi connectivity index (χ3v) is 5.35. The smallest absolute Gasteiger partial charge is 0.282 e. The van der Waals surface area contributed by atoms with Gasteiger partial charge in [0.2, 0.25) is 0 Å². The standard InChI is InChI=1S/C21H16Br2N4O/c1-2-20-25-19-9-8-15(23)12-18(19)21(28)27(20)24-13-17-7-4-10-26(17)16-6-3-5-14(22)11-16/h3-13H,2H2,1H3. The van der Waals surface area contributed by atoms with Crippen molar-refractivity contribution in [2.45, 2.75) is 13.3 Å². The van der Waals surface area contributed by atoms with Crippen LogP contribution in [0.25, 0.3) is 16.6 Å². The molecule has 0 spiro atoms. The van der Waals surface area contributed by atoms with E-state index in [-0.39, 0.29) is 5.56 Å². The van der Waals surface area contributed by atoms with Crippen molar-refractivity contribution < 1.29 is 0 Å². The molecule has 7 heteroatoms. The summed E-state index contributed by atoms with van der Waals surface area (Å²) in [5.41, 5.74) is 2.36. The highest BCUT2D eigenvalue weighted by Gasteiger charge is 2.10. The van der Waals surface area contributed by atoms with Crippen LogP contribution >= 0.6 is 31.9 Å². The van der Waals surface area contributed by atoms with E-state index in [0.29, 0.717) is 23.1 Å². The molecule has 4 aromatic rings. The Bertz CT molecular complexity index is 1260.